The zero-order valence-electron chi connectivity index (χ0n) is 15.4. The molecule has 1 N–H and O–H groups in total. The van der Waals surface area contributed by atoms with E-state index in [1.807, 2.05) is 12.1 Å². The second kappa shape index (κ2) is 9.72. The molecule has 2 aromatic rings. The first-order chi connectivity index (χ1) is 12.5. The number of nitrogens with zero attached hydrogens (tertiary/aromatic N) is 2. The molecule has 0 unspecified atom stereocenters. The molecule has 7 heteroatoms. The number of nitrogens with one attached hydrogen (secondary N) is 1. The molecule has 0 bridgehead atoms. The number of esters is 1. The topological polar surface area (TPSA) is 82.5 Å². The Hall–Kier alpha value is -2.67. The van der Waals surface area contributed by atoms with Crippen molar-refractivity contribution in [2.45, 2.75) is 27.2 Å². The third-order valence-corrected chi connectivity index (χ3v) is 3.41. The summed E-state index contributed by atoms with van der Waals surface area (Å²) in [5.74, 6) is -0.0859. The molecular weight excluding hydrogens is 334 g/mol. The zero-order valence-corrected chi connectivity index (χ0v) is 15.4. The van der Waals surface area contributed by atoms with Gasteiger partial charge in [0.05, 0.1) is 25.3 Å². The van der Waals surface area contributed by atoms with Gasteiger partial charge in [-0.25, -0.2) is 9.48 Å². The van der Waals surface area contributed by atoms with E-state index in [9.17, 15) is 9.59 Å². The second-order valence-corrected chi connectivity index (χ2v) is 6.18. The Morgan fingerprint density at radius 3 is 2.58 bits per heavy atom. The third-order valence-electron chi connectivity index (χ3n) is 3.41. The number of hydrogen-bond acceptors (Lipinski definition) is 5. The Bertz CT molecular complexity index is 723. The highest BCUT2D eigenvalue weighted by atomic mass is 16.5. The lowest BCUT2D eigenvalue weighted by molar-refractivity contribution is -0.117. The lowest BCUT2D eigenvalue weighted by Gasteiger charge is -2.08. The lowest BCUT2D eigenvalue weighted by atomic mass is 10.2. The van der Waals surface area contributed by atoms with Gasteiger partial charge in [0.1, 0.15) is 0 Å². The summed E-state index contributed by atoms with van der Waals surface area (Å²) in [6.45, 7) is 7.25. The predicted molar refractivity (Wildman–Crippen MR) is 98.4 cm³/mol. The van der Waals surface area contributed by atoms with Crippen LogP contribution in [0.2, 0.25) is 0 Å². The largest absolute Gasteiger partial charge is 0.461 e. The molecule has 1 heterocycles. The maximum Gasteiger partial charge on any atom is 0.358 e. The standard InChI is InChI=1S/C19H25N3O4/c1-4-26-19(24)17-9-11-22(21-17)16-7-5-15(6-8-16)20-18(23)10-12-25-13-14(2)3/h5-9,11,14H,4,10,12-13H2,1-3H3,(H,20,23). The number of carbonyl (C=O) groups excluding carboxylic acids is 2. The van der Waals surface area contributed by atoms with Gasteiger partial charge in [-0.05, 0) is 43.2 Å². The van der Waals surface area contributed by atoms with Gasteiger partial charge in [0.2, 0.25) is 5.91 Å². The Balaban J connectivity index is 1.88. The van der Waals surface area contributed by atoms with Gasteiger partial charge in [-0.3, -0.25) is 4.79 Å². The fourth-order valence-corrected chi connectivity index (χ4v) is 2.19. The molecular formula is C19H25N3O4. The van der Waals surface area contributed by atoms with Gasteiger partial charge in [0.15, 0.2) is 5.69 Å². The molecule has 140 valence electrons. The average Bonchev–Trinajstić information content (AvgIpc) is 3.10. The van der Waals surface area contributed by atoms with Gasteiger partial charge in [-0.1, -0.05) is 13.8 Å². The highest BCUT2D eigenvalue weighted by molar-refractivity contribution is 5.90. The smallest absolute Gasteiger partial charge is 0.358 e. The number of anilines is 1. The fraction of sp³-hybridized carbons (Fsp3) is 0.421. The summed E-state index contributed by atoms with van der Waals surface area (Å²) >= 11 is 0. The molecule has 26 heavy (non-hydrogen) atoms. The van der Waals surface area contributed by atoms with E-state index in [0.29, 0.717) is 37.8 Å². The highest BCUT2D eigenvalue weighted by Crippen LogP contribution is 2.14. The minimum Gasteiger partial charge on any atom is -0.461 e. The summed E-state index contributed by atoms with van der Waals surface area (Å²) in [6, 6.07) is 8.80. The molecule has 0 aliphatic rings. The molecule has 1 aromatic carbocycles. The SMILES string of the molecule is CCOC(=O)c1ccn(-c2ccc(NC(=O)CCOCC(C)C)cc2)n1. The number of amides is 1. The normalized spacial score (nSPS) is 10.8. The Kier molecular flexibility index (Phi) is 7.35. The first kappa shape index (κ1) is 19.7. The van der Waals surface area contributed by atoms with Crippen LogP contribution in [0.3, 0.4) is 0 Å². The number of hydrogen-bond donors (Lipinski definition) is 1. The van der Waals surface area contributed by atoms with E-state index < -0.39 is 5.97 Å². The van der Waals surface area contributed by atoms with Crippen molar-refractivity contribution in [3.05, 3.63) is 42.2 Å². The monoisotopic (exact) mass is 359 g/mol. The quantitative estimate of drug-likeness (QED) is 0.550. The van der Waals surface area contributed by atoms with Crippen LogP contribution in [-0.4, -0.2) is 41.5 Å². The molecule has 0 spiro atoms. The summed E-state index contributed by atoms with van der Waals surface area (Å²) in [5.41, 5.74) is 1.73. The van der Waals surface area contributed by atoms with Crippen LogP contribution in [0.25, 0.3) is 5.69 Å². The van der Waals surface area contributed by atoms with Crippen molar-refractivity contribution in [1.82, 2.24) is 9.78 Å². The minimum atomic E-state index is -0.449. The molecule has 0 saturated carbocycles. The molecule has 0 aliphatic heterocycles. The van der Waals surface area contributed by atoms with Crippen LogP contribution in [0.15, 0.2) is 36.5 Å². The van der Waals surface area contributed by atoms with Crippen LogP contribution >= 0.6 is 0 Å². The second-order valence-electron chi connectivity index (χ2n) is 6.18. The summed E-state index contributed by atoms with van der Waals surface area (Å²) < 4.78 is 11.9. The van der Waals surface area contributed by atoms with Crippen molar-refractivity contribution in [1.29, 1.82) is 0 Å². The Morgan fingerprint density at radius 1 is 1.19 bits per heavy atom. The molecule has 0 fully saturated rings. The van der Waals surface area contributed by atoms with E-state index in [-0.39, 0.29) is 11.6 Å². The zero-order chi connectivity index (χ0) is 18.9. The van der Waals surface area contributed by atoms with E-state index in [2.05, 4.69) is 24.3 Å². The molecule has 0 atom stereocenters. The van der Waals surface area contributed by atoms with Crippen molar-refractivity contribution in [2.24, 2.45) is 5.92 Å². The molecule has 0 aliphatic carbocycles. The van der Waals surface area contributed by atoms with Crippen molar-refractivity contribution in [3.8, 4) is 5.69 Å². The highest BCUT2D eigenvalue weighted by Gasteiger charge is 2.11. The van der Waals surface area contributed by atoms with Crippen LogP contribution in [-0.2, 0) is 14.3 Å². The minimum absolute atomic E-state index is 0.0924. The van der Waals surface area contributed by atoms with E-state index in [1.54, 1.807) is 36.0 Å². The Labute approximate surface area is 153 Å². The summed E-state index contributed by atoms with van der Waals surface area (Å²) in [6.07, 6.45) is 2.00. The van der Waals surface area contributed by atoms with Gasteiger partial charge in [0.25, 0.3) is 0 Å². The molecule has 0 radical (unpaired) electrons. The predicted octanol–water partition coefficient (Wildman–Crippen LogP) is 3.05. The number of carbonyl (C=O) groups is 2. The molecule has 1 aromatic heterocycles. The van der Waals surface area contributed by atoms with Gasteiger partial charge in [0, 0.05) is 18.5 Å². The Morgan fingerprint density at radius 2 is 1.92 bits per heavy atom. The van der Waals surface area contributed by atoms with E-state index in [0.717, 1.165) is 5.69 Å². The maximum absolute atomic E-state index is 11.9. The summed E-state index contributed by atoms with van der Waals surface area (Å²) in [4.78, 5) is 23.5. The van der Waals surface area contributed by atoms with Crippen molar-refractivity contribution < 1.29 is 19.1 Å². The van der Waals surface area contributed by atoms with E-state index >= 15 is 0 Å². The first-order valence-electron chi connectivity index (χ1n) is 8.70. The fourth-order valence-electron chi connectivity index (χ4n) is 2.19. The van der Waals surface area contributed by atoms with Crippen molar-refractivity contribution in [3.63, 3.8) is 0 Å². The third kappa shape index (κ3) is 6.00. The van der Waals surface area contributed by atoms with Crippen molar-refractivity contribution >= 4 is 17.6 Å². The maximum atomic E-state index is 11.9. The number of aromatic nitrogens is 2. The number of benzene rings is 1. The van der Waals surface area contributed by atoms with Crippen LogP contribution in [0.5, 0.6) is 0 Å². The lowest BCUT2D eigenvalue weighted by Crippen LogP contribution is -2.15. The van der Waals surface area contributed by atoms with Gasteiger partial charge in [-0.2, -0.15) is 5.10 Å². The number of rotatable bonds is 9. The molecule has 1 amide bonds. The average molecular weight is 359 g/mol. The summed E-state index contributed by atoms with van der Waals surface area (Å²) in [5, 5.41) is 7.02. The van der Waals surface area contributed by atoms with E-state index in [4.69, 9.17) is 9.47 Å². The van der Waals surface area contributed by atoms with Crippen molar-refractivity contribution in [2.75, 3.05) is 25.1 Å². The van der Waals surface area contributed by atoms with Crippen LogP contribution in [0, 0.1) is 5.92 Å². The van der Waals surface area contributed by atoms with Gasteiger partial charge in [-0.15, -0.1) is 0 Å². The van der Waals surface area contributed by atoms with Gasteiger partial charge >= 0.3 is 5.97 Å². The first-order valence-corrected chi connectivity index (χ1v) is 8.70. The molecule has 7 nitrogen and oxygen atoms in total. The van der Waals surface area contributed by atoms with Gasteiger partial charge < -0.3 is 14.8 Å². The summed E-state index contributed by atoms with van der Waals surface area (Å²) in [7, 11) is 0. The van der Waals surface area contributed by atoms with E-state index in [1.165, 1.54) is 0 Å². The molecule has 2 rings (SSSR count). The van der Waals surface area contributed by atoms with Crippen LogP contribution in [0.4, 0.5) is 5.69 Å². The number of ether oxygens (including phenoxy) is 2. The molecule has 0 saturated heterocycles. The van der Waals surface area contributed by atoms with Crippen LogP contribution < -0.4 is 5.32 Å². The van der Waals surface area contributed by atoms with Crippen LogP contribution in [0.1, 0.15) is 37.7 Å².